The van der Waals surface area contributed by atoms with E-state index in [0.29, 0.717) is 62.3 Å². The average Bonchev–Trinajstić information content (AvgIpc) is 3.58. The molecule has 0 radical (unpaired) electrons. The van der Waals surface area contributed by atoms with Gasteiger partial charge in [-0.2, -0.15) is 0 Å². The number of benzene rings is 4. The Morgan fingerprint density at radius 2 is 1.11 bits per heavy atom. The number of aryl methyl sites for hydroxylation is 2. The van der Waals surface area contributed by atoms with Crippen LogP contribution in [-0.2, 0) is 53.1 Å². The summed E-state index contributed by atoms with van der Waals surface area (Å²) in [5.74, 6) is 5.07. The van der Waals surface area contributed by atoms with E-state index in [4.69, 9.17) is 33.7 Å². The summed E-state index contributed by atoms with van der Waals surface area (Å²) < 4.78 is 29.6. The number of pyridine rings is 2. The molecule has 10 rings (SSSR count). The first-order chi connectivity index (χ1) is 32.3. The van der Waals surface area contributed by atoms with Gasteiger partial charge in [0.2, 0.25) is 0 Å². The first kappa shape index (κ1) is 43.8. The van der Waals surface area contributed by atoms with Crippen LogP contribution in [0.2, 0.25) is 0 Å². The summed E-state index contributed by atoms with van der Waals surface area (Å²) in [4.78, 5) is 36.8. The maximum Gasteiger partial charge on any atom is 0.325 e. The lowest BCUT2D eigenvalue weighted by Crippen LogP contribution is -2.30. The number of fused-ring (bicyclic) bond motifs is 6. The van der Waals surface area contributed by atoms with Crippen molar-refractivity contribution in [1.82, 2.24) is 9.97 Å². The number of rotatable bonds is 13. The molecular weight excluding hydrogens is 837 g/mol. The SMILES string of the molecule is CCOC(=O)CN1Cc2ccc(OCCc3ccc4c(n3)NCCC4)cc2Oc2ccccc21.O=C(O)CN1Cc2ccc(OCCc3ccc4c(n3)NCCC4)cc2Oc2ccccc21. The van der Waals surface area contributed by atoms with Crippen molar-refractivity contribution < 1.29 is 38.4 Å². The third kappa shape index (κ3) is 10.7. The van der Waals surface area contributed by atoms with Crippen LogP contribution < -0.4 is 39.4 Å². The highest BCUT2D eigenvalue weighted by atomic mass is 16.5. The third-order valence-electron chi connectivity index (χ3n) is 11.8. The van der Waals surface area contributed by atoms with Gasteiger partial charge in [0, 0.05) is 73.7 Å². The van der Waals surface area contributed by atoms with Gasteiger partial charge in [-0.3, -0.25) is 9.59 Å². The second-order valence-electron chi connectivity index (χ2n) is 16.5. The summed E-state index contributed by atoms with van der Waals surface area (Å²) in [7, 11) is 0. The van der Waals surface area contributed by atoms with Gasteiger partial charge >= 0.3 is 11.9 Å². The van der Waals surface area contributed by atoms with E-state index < -0.39 is 5.97 Å². The van der Waals surface area contributed by atoms with Gasteiger partial charge in [0.15, 0.2) is 11.5 Å². The average molecular weight is 891 g/mol. The fraction of sp³-hybridized carbons (Fsp3) is 0.308. The standard InChI is InChI=1S/C27H29N3O4.C25H25N3O4/c1-2-32-26(31)18-30-17-20-10-12-22(16-25(20)34-24-8-4-3-7-23(24)30)33-15-13-21-11-9-19-6-5-14-28-27(19)29-21;29-24(30)16-28-15-18-8-10-20(14-23(18)32-22-6-2-1-5-21(22)28)31-13-11-19-9-7-17-4-3-12-26-25(17)27-19/h3-4,7-12,16H,2,5-6,13-15,17-18H2,1H3,(H,28,29);1-2,5-10,14H,3-4,11-13,15-16H2,(H,26,27)(H,29,30). The van der Waals surface area contributed by atoms with Gasteiger partial charge in [-0.15, -0.1) is 0 Å². The van der Waals surface area contributed by atoms with Gasteiger partial charge in [0.1, 0.15) is 47.7 Å². The van der Waals surface area contributed by atoms with Crippen LogP contribution in [0.4, 0.5) is 23.0 Å². The molecule has 14 nitrogen and oxygen atoms in total. The largest absolute Gasteiger partial charge is 0.493 e. The fourth-order valence-electron chi connectivity index (χ4n) is 8.50. The van der Waals surface area contributed by atoms with Crippen LogP contribution in [0, 0.1) is 0 Å². The molecule has 4 aliphatic heterocycles. The second kappa shape index (κ2) is 20.6. The predicted molar refractivity (Wildman–Crippen MR) is 253 cm³/mol. The summed E-state index contributed by atoms with van der Waals surface area (Å²) in [6.45, 7) is 6.21. The first-order valence-electron chi connectivity index (χ1n) is 22.7. The zero-order valence-corrected chi connectivity index (χ0v) is 37.1. The van der Waals surface area contributed by atoms with Crippen molar-refractivity contribution in [2.45, 2.75) is 58.5 Å². The monoisotopic (exact) mass is 890 g/mol. The highest BCUT2D eigenvalue weighted by Crippen LogP contribution is 2.42. The Balaban J connectivity index is 0.000000166. The Kier molecular flexibility index (Phi) is 13.6. The highest BCUT2D eigenvalue weighted by molar-refractivity contribution is 5.78. The van der Waals surface area contributed by atoms with E-state index in [-0.39, 0.29) is 19.1 Å². The van der Waals surface area contributed by atoms with Gasteiger partial charge in [0.25, 0.3) is 0 Å². The number of nitrogens with zero attached hydrogens (tertiary/aromatic N) is 4. The summed E-state index contributed by atoms with van der Waals surface area (Å²) in [5, 5.41) is 16.1. The number of aliphatic carboxylic acids is 1. The Bertz CT molecular complexity index is 2690. The number of hydrogen-bond acceptors (Lipinski definition) is 13. The lowest BCUT2D eigenvalue weighted by atomic mass is 10.1. The Morgan fingerprint density at radius 3 is 1.61 bits per heavy atom. The smallest absolute Gasteiger partial charge is 0.325 e. The molecule has 4 aliphatic rings. The van der Waals surface area contributed by atoms with Crippen molar-refractivity contribution in [3.63, 3.8) is 0 Å². The number of hydrogen-bond donors (Lipinski definition) is 3. The van der Waals surface area contributed by atoms with Gasteiger partial charge in [0.05, 0.1) is 31.2 Å². The molecule has 0 unspecified atom stereocenters. The molecule has 3 N–H and O–H groups in total. The maximum atomic E-state index is 12.2. The van der Waals surface area contributed by atoms with Gasteiger partial charge in [-0.05, 0) is 104 Å². The zero-order valence-electron chi connectivity index (χ0n) is 37.1. The normalized spacial score (nSPS) is 14.1. The first-order valence-corrected chi connectivity index (χ1v) is 22.7. The molecule has 0 saturated carbocycles. The van der Waals surface area contributed by atoms with Crippen molar-refractivity contribution in [1.29, 1.82) is 0 Å². The molecule has 0 aliphatic carbocycles. The minimum absolute atomic E-state index is 0.0965. The van der Waals surface area contributed by atoms with Crippen molar-refractivity contribution in [3.05, 3.63) is 143 Å². The molecule has 66 heavy (non-hydrogen) atoms. The summed E-state index contributed by atoms with van der Waals surface area (Å²) in [6, 6.07) is 35.3. The molecule has 0 saturated heterocycles. The van der Waals surface area contributed by atoms with Crippen molar-refractivity contribution in [2.75, 3.05) is 66.4 Å². The lowest BCUT2D eigenvalue weighted by Gasteiger charge is -2.22. The molecule has 0 bridgehead atoms. The van der Waals surface area contributed by atoms with Crippen LogP contribution in [0.25, 0.3) is 0 Å². The Labute approximate surface area is 384 Å². The number of esters is 1. The molecule has 0 fully saturated rings. The van der Waals surface area contributed by atoms with Crippen LogP contribution in [-0.4, -0.2) is 73.0 Å². The number of nitrogens with one attached hydrogen (secondary N) is 2. The lowest BCUT2D eigenvalue weighted by molar-refractivity contribution is -0.141. The molecule has 0 amide bonds. The molecule has 0 spiro atoms. The zero-order chi connectivity index (χ0) is 45.2. The number of para-hydroxylation sites is 4. The third-order valence-corrected chi connectivity index (χ3v) is 11.8. The topological polar surface area (TPSA) is 157 Å². The van der Waals surface area contributed by atoms with E-state index in [1.807, 2.05) is 96.8 Å². The summed E-state index contributed by atoms with van der Waals surface area (Å²) in [6.07, 6.45) is 5.90. The number of aromatic nitrogens is 2. The van der Waals surface area contributed by atoms with E-state index >= 15 is 0 Å². The van der Waals surface area contributed by atoms with E-state index in [1.165, 1.54) is 11.1 Å². The van der Waals surface area contributed by atoms with E-state index in [1.54, 1.807) is 4.90 Å². The Morgan fingerprint density at radius 1 is 0.621 bits per heavy atom. The van der Waals surface area contributed by atoms with Crippen LogP contribution >= 0.6 is 0 Å². The second-order valence-corrected chi connectivity index (χ2v) is 16.5. The Hall–Kier alpha value is -7.48. The molecule has 0 atom stereocenters. The minimum Gasteiger partial charge on any atom is -0.493 e. The van der Waals surface area contributed by atoms with Crippen LogP contribution in [0.1, 0.15) is 53.4 Å². The summed E-state index contributed by atoms with van der Waals surface area (Å²) in [5.41, 5.74) is 8.11. The van der Waals surface area contributed by atoms with Crippen LogP contribution in [0.15, 0.2) is 109 Å². The predicted octanol–water partition coefficient (Wildman–Crippen LogP) is 8.99. The number of carbonyl (C=O) groups is 2. The van der Waals surface area contributed by atoms with E-state index in [2.05, 4.69) is 34.9 Å². The van der Waals surface area contributed by atoms with Crippen molar-refractivity contribution >= 4 is 34.9 Å². The molecule has 4 aromatic carbocycles. The minimum atomic E-state index is -0.880. The number of carbonyl (C=O) groups excluding carboxylic acids is 1. The van der Waals surface area contributed by atoms with Gasteiger partial charge in [-0.25, -0.2) is 9.97 Å². The molecule has 2 aromatic heterocycles. The maximum absolute atomic E-state index is 12.2. The van der Waals surface area contributed by atoms with E-state index in [0.717, 1.165) is 102 Å². The number of carboxylic acids is 1. The molecule has 14 heteroatoms. The van der Waals surface area contributed by atoms with Gasteiger partial charge < -0.3 is 49.2 Å². The molecular formula is C52H54N6O8. The number of anilines is 4. The van der Waals surface area contributed by atoms with Crippen molar-refractivity contribution in [3.8, 4) is 34.5 Å². The number of ether oxygens (including phenoxy) is 5. The quantitative estimate of drug-likeness (QED) is 0.0944. The van der Waals surface area contributed by atoms with Crippen LogP contribution in [0.3, 0.4) is 0 Å². The fourth-order valence-corrected chi connectivity index (χ4v) is 8.50. The van der Waals surface area contributed by atoms with Gasteiger partial charge in [-0.1, -0.05) is 36.4 Å². The highest BCUT2D eigenvalue weighted by Gasteiger charge is 2.25. The molecule has 6 aromatic rings. The molecule has 6 heterocycles. The van der Waals surface area contributed by atoms with E-state index in [9.17, 15) is 14.7 Å². The van der Waals surface area contributed by atoms with Crippen molar-refractivity contribution in [2.24, 2.45) is 0 Å². The van der Waals surface area contributed by atoms with Crippen LogP contribution in [0.5, 0.6) is 34.5 Å². The number of carboxylic acid groups (broad SMARTS) is 1. The molecule has 340 valence electrons. The summed E-state index contributed by atoms with van der Waals surface area (Å²) >= 11 is 0.